The summed E-state index contributed by atoms with van der Waals surface area (Å²) in [7, 11) is 0. The van der Waals surface area contributed by atoms with Gasteiger partial charge in [-0.15, -0.1) is 0 Å². The van der Waals surface area contributed by atoms with Gasteiger partial charge in [0.1, 0.15) is 0 Å². The van der Waals surface area contributed by atoms with E-state index in [1.165, 1.54) is 12.0 Å². The van der Waals surface area contributed by atoms with Gasteiger partial charge in [-0.2, -0.15) is 0 Å². The third-order valence-corrected chi connectivity index (χ3v) is 3.27. The van der Waals surface area contributed by atoms with Gasteiger partial charge in [0.15, 0.2) is 0 Å². The van der Waals surface area contributed by atoms with Crippen LogP contribution in [0.1, 0.15) is 18.9 Å². The van der Waals surface area contributed by atoms with Crippen molar-refractivity contribution in [3.8, 4) is 0 Å². The Kier molecular flexibility index (Phi) is 2.79. The molecule has 1 aliphatic carbocycles. The molecule has 1 aromatic carbocycles. The Morgan fingerprint density at radius 2 is 2.29 bits per heavy atom. The van der Waals surface area contributed by atoms with Crippen molar-refractivity contribution in [2.24, 2.45) is 5.92 Å². The van der Waals surface area contributed by atoms with Gasteiger partial charge in [-0.1, -0.05) is 28.9 Å². The van der Waals surface area contributed by atoms with Crippen LogP contribution in [0.25, 0.3) is 0 Å². The van der Waals surface area contributed by atoms with E-state index in [9.17, 15) is 0 Å². The SMILES string of the molecule is CC1CC1NCc1ccc(Br)cc1N. The highest BCUT2D eigenvalue weighted by Gasteiger charge is 2.31. The van der Waals surface area contributed by atoms with Crippen molar-refractivity contribution in [1.82, 2.24) is 5.32 Å². The molecular formula is C11H15BrN2. The molecule has 2 unspecified atom stereocenters. The molecule has 0 amide bonds. The smallest absolute Gasteiger partial charge is 0.0370 e. The van der Waals surface area contributed by atoms with Crippen molar-refractivity contribution in [2.75, 3.05) is 5.73 Å². The van der Waals surface area contributed by atoms with Crippen molar-refractivity contribution in [1.29, 1.82) is 0 Å². The summed E-state index contributed by atoms with van der Waals surface area (Å²) >= 11 is 3.40. The fraction of sp³-hybridized carbons (Fsp3) is 0.455. The first kappa shape index (κ1) is 9.99. The Hall–Kier alpha value is -0.540. The summed E-state index contributed by atoms with van der Waals surface area (Å²) in [5.74, 6) is 0.840. The molecule has 0 aliphatic heterocycles. The maximum atomic E-state index is 5.89. The minimum atomic E-state index is 0.707. The van der Waals surface area contributed by atoms with Crippen LogP contribution in [0.2, 0.25) is 0 Å². The number of rotatable bonds is 3. The van der Waals surface area contributed by atoms with Gasteiger partial charge in [0.05, 0.1) is 0 Å². The molecule has 1 saturated carbocycles. The van der Waals surface area contributed by atoms with Crippen LogP contribution in [0.5, 0.6) is 0 Å². The monoisotopic (exact) mass is 254 g/mol. The summed E-state index contributed by atoms with van der Waals surface area (Å²) in [4.78, 5) is 0. The Labute approximate surface area is 93.0 Å². The molecule has 0 aromatic heterocycles. The van der Waals surface area contributed by atoms with Gasteiger partial charge in [-0.25, -0.2) is 0 Å². The first-order valence-corrected chi connectivity index (χ1v) is 5.73. The van der Waals surface area contributed by atoms with E-state index in [4.69, 9.17) is 5.73 Å². The lowest BCUT2D eigenvalue weighted by Gasteiger charge is -2.07. The molecule has 0 spiro atoms. The molecule has 0 bridgehead atoms. The molecule has 1 aliphatic rings. The summed E-state index contributed by atoms with van der Waals surface area (Å²) in [5, 5.41) is 3.49. The van der Waals surface area contributed by atoms with E-state index in [2.05, 4.69) is 34.2 Å². The van der Waals surface area contributed by atoms with Crippen LogP contribution in [-0.2, 0) is 6.54 Å². The number of hydrogen-bond acceptors (Lipinski definition) is 2. The molecule has 3 heteroatoms. The molecule has 1 aromatic rings. The Balaban J connectivity index is 1.95. The van der Waals surface area contributed by atoms with Crippen LogP contribution in [0.15, 0.2) is 22.7 Å². The quantitative estimate of drug-likeness (QED) is 0.814. The molecule has 76 valence electrons. The first-order valence-electron chi connectivity index (χ1n) is 4.94. The van der Waals surface area contributed by atoms with Gasteiger partial charge in [-0.3, -0.25) is 0 Å². The molecule has 14 heavy (non-hydrogen) atoms. The summed E-state index contributed by atoms with van der Waals surface area (Å²) in [5.41, 5.74) is 7.94. The Morgan fingerprint density at radius 3 is 2.86 bits per heavy atom. The summed E-state index contributed by atoms with van der Waals surface area (Å²) in [6, 6.07) is 6.76. The second-order valence-corrected chi connectivity index (χ2v) is 4.96. The number of nitrogens with one attached hydrogen (secondary N) is 1. The zero-order valence-corrected chi connectivity index (χ0v) is 9.84. The second kappa shape index (κ2) is 3.91. The van der Waals surface area contributed by atoms with Gasteiger partial charge < -0.3 is 11.1 Å². The van der Waals surface area contributed by atoms with E-state index in [0.29, 0.717) is 6.04 Å². The molecule has 0 saturated heterocycles. The number of nitrogen functional groups attached to an aromatic ring is 1. The third kappa shape index (κ3) is 2.28. The zero-order valence-electron chi connectivity index (χ0n) is 8.26. The van der Waals surface area contributed by atoms with Crippen LogP contribution in [0.4, 0.5) is 5.69 Å². The fourth-order valence-electron chi connectivity index (χ4n) is 1.57. The summed E-state index contributed by atoms with van der Waals surface area (Å²) in [6.07, 6.45) is 1.30. The molecule has 2 nitrogen and oxygen atoms in total. The summed E-state index contributed by atoms with van der Waals surface area (Å²) < 4.78 is 1.04. The largest absolute Gasteiger partial charge is 0.398 e. The third-order valence-electron chi connectivity index (χ3n) is 2.77. The van der Waals surface area contributed by atoms with Crippen LogP contribution >= 0.6 is 15.9 Å². The van der Waals surface area contributed by atoms with Gasteiger partial charge in [0.2, 0.25) is 0 Å². The zero-order chi connectivity index (χ0) is 10.1. The second-order valence-electron chi connectivity index (χ2n) is 4.04. The lowest BCUT2D eigenvalue weighted by atomic mass is 10.2. The predicted octanol–water partition coefficient (Wildman–Crippen LogP) is 2.53. The van der Waals surface area contributed by atoms with E-state index in [0.717, 1.165) is 22.6 Å². The molecule has 2 atom stereocenters. The van der Waals surface area contributed by atoms with Gasteiger partial charge in [0.25, 0.3) is 0 Å². The minimum Gasteiger partial charge on any atom is -0.398 e. The summed E-state index contributed by atoms with van der Waals surface area (Å²) in [6.45, 7) is 3.15. The van der Waals surface area contributed by atoms with Crippen LogP contribution in [-0.4, -0.2) is 6.04 Å². The van der Waals surface area contributed by atoms with Gasteiger partial charge in [-0.05, 0) is 30.0 Å². The number of nitrogens with two attached hydrogens (primary N) is 1. The molecule has 0 heterocycles. The fourth-order valence-corrected chi connectivity index (χ4v) is 1.95. The van der Waals surface area contributed by atoms with E-state index >= 15 is 0 Å². The van der Waals surface area contributed by atoms with Gasteiger partial charge in [0, 0.05) is 22.7 Å². The average Bonchev–Trinajstić information content (AvgIpc) is 2.80. The van der Waals surface area contributed by atoms with Crippen LogP contribution in [0.3, 0.4) is 0 Å². The Morgan fingerprint density at radius 1 is 1.57 bits per heavy atom. The lowest BCUT2D eigenvalue weighted by Crippen LogP contribution is -2.17. The predicted molar refractivity (Wildman–Crippen MR) is 63.0 cm³/mol. The maximum Gasteiger partial charge on any atom is 0.0370 e. The van der Waals surface area contributed by atoms with Crippen molar-refractivity contribution < 1.29 is 0 Å². The molecule has 2 rings (SSSR count). The molecule has 3 N–H and O–H groups in total. The van der Waals surface area contributed by atoms with Crippen LogP contribution in [0, 0.1) is 5.92 Å². The number of halogens is 1. The van der Waals surface area contributed by atoms with Crippen molar-refractivity contribution in [3.05, 3.63) is 28.2 Å². The standard InChI is InChI=1S/C11H15BrN2/c1-7-4-11(7)14-6-8-2-3-9(12)5-10(8)13/h2-3,5,7,11,14H,4,6,13H2,1H3. The molecule has 0 radical (unpaired) electrons. The van der Waals surface area contributed by atoms with E-state index < -0.39 is 0 Å². The highest BCUT2D eigenvalue weighted by molar-refractivity contribution is 9.10. The van der Waals surface area contributed by atoms with Crippen LogP contribution < -0.4 is 11.1 Å². The van der Waals surface area contributed by atoms with Gasteiger partial charge >= 0.3 is 0 Å². The maximum absolute atomic E-state index is 5.89. The number of benzene rings is 1. The minimum absolute atomic E-state index is 0.707. The average molecular weight is 255 g/mol. The number of hydrogen-bond donors (Lipinski definition) is 2. The number of anilines is 1. The highest BCUT2D eigenvalue weighted by Crippen LogP contribution is 2.29. The van der Waals surface area contributed by atoms with Crippen molar-refractivity contribution in [3.63, 3.8) is 0 Å². The van der Waals surface area contributed by atoms with E-state index in [-0.39, 0.29) is 0 Å². The highest BCUT2D eigenvalue weighted by atomic mass is 79.9. The topological polar surface area (TPSA) is 38.0 Å². The molecule has 1 fully saturated rings. The Bertz CT molecular complexity index is 338. The lowest BCUT2D eigenvalue weighted by molar-refractivity contribution is 0.653. The molecular weight excluding hydrogens is 240 g/mol. The van der Waals surface area contributed by atoms with Crippen molar-refractivity contribution in [2.45, 2.75) is 25.9 Å². The van der Waals surface area contributed by atoms with E-state index in [1.54, 1.807) is 0 Å². The van der Waals surface area contributed by atoms with Crippen molar-refractivity contribution >= 4 is 21.6 Å². The normalized spacial score (nSPS) is 25.0. The first-order chi connectivity index (χ1) is 6.66. The van der Waals surface area contributed by atoms with E-state index in [1.807, 2.05) is 12.1 Å².